The number of rotatable bonds is 2. The molecule has 0 heterocycles. The van der Waals surface area contributed by atoms with E-state index in [-0.39, 0.29) is 0 Å². The van der Waals surface area contributed by atoms with Crippen LogP contribution in [0.5, 0.6) is 0 Å². The lowest BCUT2D eigenvalue weighted by molar-refractivity contribution is -0.104. The van der Waals surface area contributed by atoms with Crippen LogP contribution in [-0.4, -0.2) is 6.29 Å². The molecule has 3 aliphatic rings. The fourth-order valence-corrected chi connectivity index (χ4v) is 4.18. The van der Waals surface area contributed by atoms with E-state index in [9.17, 15) is 4.79 Å². The Hall–Kier alpha value is -0.850. The summed E-state index contributed by atoms with van der Waals surface area (Å²) in [5.41, 5.74) is 0.926. The molecule has 0 aliphatic heterocycles. The number of hydrogen-bond acceptors (Lipinski definition) is 1. The first kappa shape index (κ1) is 9.38. The van der Waals surface area contributed by atoms with Gasteiger partial charge in [-0.15, -0.1) is 0 Å². The minimum atomic E-state index is 0.696. The van der Waals surface area contributed by atoms with Gasteiger partial charge in [0.1, 0.15) is 6.29 Å². The number of carbonyl (C=O) groups excluding carboxylic acids is 1. The van der Waals surface area contributed by atoms with Gasteiger partial charge in [0, 0.05) is 0 Å². The molecule has 0 radical (unpaired) electrons. The number of aldehydes is 1. The lowest BCUT2D eigenvalue weighted by Gasteiger charge is -2.29. The van der Waals surface area contributed by atoms with Crippen molar-refractivity contribution < 1.29 is 4.79 Å². The van der Waals surface area contributed by atoms with Crippen molar-refractivity contribution in [2.45, 2.75) is 26.2 Å². The maximum Gasteiger partial charge on any atom is 0.145 e. The molecule has 3 rings (SSSR count). The van der Waals surface area contributed by atoms with Crippen molar-refractivity contribution in [3.8, 4) is 0 Å². The van der Waals surface area contributed by atoms with E-state index in [2.05, 4.69) is 18.2 Å². The van der Waals surface area contributed by atoms with Crippen molar-refractivity contribution in [3.05, 3.63) is 23.8 Å². The monoisotopic (exact) mass is 202 g/mol. The normalized spacial score (nSPS) is 47.3. The molecule has 5 unspecified atom stereocenters. The van der Waals surface area contributed by atoms with Crippen molar-refractivity contribution in [3.63, 3.8) is 0 Å². The molecule has 0 aromatic heterocycles. The number of hydrogen-bond donors (Lipinski definition) is 0. The van der Waals surface area contributed by atoms with Crippen LogP contribution in [0.4, 0.5) is 0 Å². The average Bonchev–Trinajstić information content (AvgIpc) is 2.87. The Labute approximate surface area is 91.2 Å². The molecule has 0 N–H and O–H groups in total. The smallest absolute Gasteiger partial charge is 0.145 e. The van der Waals surface area contributed by atoms with Gasteiger partial charge in [-0.2, -0.15) is 0 Å². The molecule has 0 saturated heterocycles. The van der Waals surface area contributed by atoms with Gasteiger partial charge in [-0.25, -0.2) is 0 Å². The highest BCUT2D eigenvalue weighted by Crippen LogP contribution is 2.59. The number of allylic oxidation sites excluding steroid dienone is 4. The minimum absolute atomic E-state index is 0.696. The van der Waals surface area contributed by atoms with E-state index < -0.39 is 0 Å². The third-order valence-electron chi connectivity index (χ3n) is 4.72. The molecule has 80 valence electrons. The predicted octanol–water partition coefficient (Wildman–Crippen LogP) is 2.98. The summed E-state index contributed by atoms with van der Waals surface area (Å²) in [4.78, 5) is 10.6. The summed E-state index contributed by atoms with van der Waals surface area (Å²) >= 11 is 0. The molecular formula is C14H18O. The largest absolute Gasteiger partial charge is 0.298 e. The van der Waals surface area contributed by atoms with E-state index in [4.69, 9.17) is 0 Å². The van der Waals surface area contributed by atoms with Crippen molar-refractivity contribution in [2.24, 2.45) is 29.6 Å². The first-order valence-electron chi connectivity index (χ1n) is 6.10. The molecule has 5 atom stereocenters. The van der Waals surface area contributed by atoms with Gasteiger partial charge in [0.15, 0.2) is 0 Å². The molecule has 1 nitrogen and oxygen atoms in total. The lowest BCUT2D eigenvalue weighted by Crippen LogP contribution is -2.23. The molecule has 3 aliphatic carbocycles. The van der Waals surface area contributed by atoms with E-state index in [1.54, 1.807) is 0 Å². The Morgan fingerprint density at radius 1 is 1.33 bits per heavy atom. The molecule has 1 heteroatoms. The molecule has 0 spiro atoms. The zero-order valence-corrected chi connectivity index (χ0v) is 9.23. The summed E-state index contributed by atoms with van der Waals surface area (Å²) < 4.78 is 0. The third-order valence-corrected chi connectivity index (χ3v) is 4.72. The topological polar surface area (TPSA) is 17.1 Å². The first-order chi connectivity index (χ1) is 7.29. The third kappa shape index (κ3) is 1.32. The zero-order chi connectivity index (χ0) is 10.4. The van der Waals surface area contributed by atoms with Crippen molar-refractivity contribution >= 4 is 6.29 Å². The molecule has 0 amide bonds. The van der Waals surface area contributed by atoms with Crippen LogP contribution in [0.15, 0.2) is 23.8 Å². The van der Waals surface area contributed by atoms with Crippen LogP contribution >= 0.6 is 0 Å². The van der Waals surface area contributed by atoms with Gasteiger partial charge in [0.05, 0.1) is 0 Å². The van der Waals surface area contributed by atoms with Crippen molar-refractivity contribution in [1.29, 1.82) is 0 Å². The van der Waals surface area contributed by atoms with E-state index in [0.29, 0.717) is 5.92 Å². The summed E-state index contributed by atoms with van der Waals surface area (Å²) in [5, 5.41) is 0. The fourth-order valence-electron chi connectivity index (χ4n) is 4.18. The summed E-state index contributed by atoms with van der Waals surface area (Å²) in [6.45, 7) is 1.93. The molecule has 15 heavy (non-hydrogen) atoms. The van der Waals surface area contributed by atoms with Crippen LogP contribution in [0.1, 0.15) is 26.2 Å². The van der Waals surface area contributed by atoms with E-state index in [1.165, 1.54) is 19.3 Å². The van der Waals surface area contributed by atoms with Gasteiger partial charge in [0.25, 0.3) is 0 Å². The highest BCUT2D eigenvalue weighted by atomic mass is 16.1. The average molecular weight is 202 g/mol. The lowest BCUT2D eigenvalue weighted by atomic mass is 9.75. The van der Waals surface area contributed by atoms with E-state index in [0.717, 1.165) is 35.5 Å². The first-order valence-corrected chi connectivity index (χ1v) is 6.10. The van der Waals surface area contributed by atoms with Crippen LogP contribution < -0.4 is 0 Å². The quantitative estimate of drug-likeness (QED) is 0.382. The van der Waals surface area contributed by atoms with Gasteiger partial charge >= 0.3 is 0 Å². The molecule has 0 aromatic carbocycles. The Balaban J connectivity index is 1.80. The number of carbonyl (C=O) groups is 1. The van der Waals surface area contributed by atoms with Gasteiger partial charge in [-0.05, 0) is 61.3 Å². The molecule has 2 bridgehead atoms. The maximum absolute atomic E-state index is 10.6. The second-order valence-corrected chi connectivity index (χ2v) is 5.49. The fraction of sp³-hybridized carbons (Fsp3) is 0.643. The van der Waals surface area contributed by atoms with Crippen LogP contribution in [0.2, 0.25) is 0 Å². The summed E-state index contributed by atoms with van der Waals surface area (Å²) in [7, 11) is 0. The van der Waals surface area contributed by atoms with Crippen molar-refractivity contribution in [1.82, 2.24) is 0 Å². The summed E-state index contributed by atoms with van der Waals surface area (Å²) in [6, 6.07) is 0. The molecular weight excluding hydrogens is 184 g/mol. The Bertz CT molecular complexity index is 339. The Kier molecular flexibility index (Phi) is 2.08. The second-order valence-electron chi connectivity index (χ2n) is 5.49. The van der Waals surface area contributed by atoms with Gasteiger partial charge < -0.3 is 0 Å². The van der Waals surface area contributed by atoms with Crippen LogP contribution in [0.3, 0.4) is 0 Å². The van der Waals surface area contributed by atoms with Gasteiger partial charge in [0.2, 0.25) is 0 Å². The second kappa shape index (κ2) is 3.33. The van der Waals surface area contributed by atoms with Gasteiger partial charge in [-0.3, -0.25) is 4.79 Å². The predicted molar refractivity (Wildman–Crippen MR) is 60.3 cm³/mol. The standard InChI is InChI=1S/C14H18O/c1-9(8-15)5-10-6-11-7-14(10)13-4-2-3-12(11)13/h2-3,5,8,10-14H,4,6-7H2,1H3. The minimum Gasteiger partial charge on any atom is -0.298 e. The van der Waals surface area contributed by atoms with Crippen LogP contribution in [0, 0.1) is 29.6 Å². The van der Waals surface area contributed by atoms with Crippen LogP contribution in [0.25, 0.3) is 0 Å². The highest BCUT2D eigenvalue weighted by Gasteiger charge is 2.51. The van der Waals surface area contributed by atoms with E-state index >= 15 is 0 Å². The number of fused-ring (bicyclic) bond motifs is 5. The summed E-state index contributed by atoms with van der Waals surface area (Å²) in [6.07, 6.45) is 12.1. The SMILES string of the molecule is CC(C=O)=CC1CC2CC1C1CC=CC21. The molecule has 2 fully saturated rings. The van der Waals surface area contributed by atoms with Crippen LogP contribution in [-0.2, 0) is 4.79 Å². The highest BCUT2D eigenvalue weighted by molar-refractivity contribution is 5.72. The zero-order valence-electron chi connectivity index (χ0n) is 9.23. The molecule has 0 aromatic rings. The molecule has 2 saturated carbocycles. The van der Waals surface area contributed by atoms with Crippen molar-refractivity contribution in [2.75, 3.05) is 0 Å². The van der Waals surface area contributed by atoms with E-state index in [1.807, 2.05) is 6.92 Å². The maximum atomic E-state index is 10.6. The Morgan fingerprint density at radius 3 is 3.00 bits per heavy atom. The van der Waals surface area contributed by atoms with Gasteiger partial charge in [-0.1, -0.05) is 18.2 Å². The summed E-state index contributed by atoms with van der Waals surface area (Å²) in [5.74, 6) is 4.27. The Morgan fingerprint density at radius 2 is 2.20 bits per heavy atom.